The number of ether oxygens (including phenoxy) is 1. The van der Waals surface area contributed by atoms with Gasteiger partial charge in [0.25, 0.3) is 5.91 Å². The standard InChI is InChI=1S/C19H22N4O4/c1-13-20-17(27-21-13)9-18(24)23-11-15-10-22(7-8-26-16(15)12-23)19(25)14-5-3-2-4-6-14/h2-6,15-16H,7-12H2,1H3/t15-,16+/m0/s1. The van der Waals surface area contributed by atoms with E-state index in [2.05, 4.69) is 10.1 Å². The summed E-state index contributed by atoms with van der Waals surface area (Å²) in [5.41, 5.74) is 0.675. The summed E-state index contributed by atoms with van der Waals surface area (Å²) in [6, 6.07) is 9.26. The maximum Gasteiger partial charge on any atom is 0.253 e. The van der Waals surface area contributed by atoms with Gasteiger partial charge in [-0.05, 0) is 19.1 Å². The molecule has 1 aromatic heterocycles. The zero-order chi connectivity index (χ0) is 18.8. The number of carbonyl (C=O) groups excluding carboxylic acids is 2. The van der Waals surface area contributed by atoms with Gasteiger partial charge < -0.3 is 19.1 Å². The number of nitrogens with zero attached hydrogens (tertiary/aromatic N) is 4. The van der Waals surface area contributed by atoms with Gasteiger partial charge in [0.15, 0.2) is 5.82 Å². The second-order valence-corrected chi connectivity index (χ2v) is 7.00. The van der Waals surface area contributed by atoms with Crippen LogP contribution in [0, 0.1) is 12.8 Å². The molecule has 142 valence electrons. The molecule has 8 nitrogen and oxygen atoms in total. The summed E-state index contributed by atoms with van der Waals surface area (Å²) in [6.07, 6.45) is 0.0411. The Morgan fingerprint density at radius 3 is 2.67 bits per heavy atom. The number of benzene rings is 1. The van der Waals surface area contributed by atoms with Crippen LogP contribution in [0.2, 0.25) is 0 Å². The summed E-state index contributed by atoms with van der Waals surface area (Å²) >= 11 is 0. The average molecular weight is 370 g/mol. The third-order valence-corrected chi connectivity index (χ3v) is 5.06. The van der Waals surface area contributed by atoms with E-state index >= 15 is 0 Å². The number of amides is 2. The van der Waals surface area contributed by atoms with Crippen LogP contribution in [-0.2, 0) is 16.0 Å². The van der Waals surface area contributed by atoms with E-state index in [9.17, 15) is 9.59 Å². The van der Waals surface area contributed by atoms with Crippen LogP contribution < -0.4 is 0 Å². The Kier molecular flexibility index (Phi) is 4.89. The number of aromatic nitrogens is 2. The molecule has 1 aromatic carbocycles. The lowest BCUT2D eigenvalue weighted by Gasteiger charge is -2.23. The Morgan fingerprint density at radius 2 is 1.93 bits per heavy atom. The molecule has 2 aliphatic heterocycles. The van der Waals surface area contributed by atoms with Crippen molar-refractivity contribution in [1.29, 1.82) is 0 Å². The first kappa shape index (κ1) is 17.7. The van der Waals surface area contributed by atoms with Crippen molar-refractivity contribution in [1.82, 2.24) is 19.9 Å². The second kappa shape index (κ2) is 7.48. The molecule has 8 heteroatoms. The summed E-state index contributed by atoms with van der Waals surface area (Å²) in [5, 5.41) is 3.71. The molecule has 0 spiro atoms. The van der Waals surface area contributed by atoms with Crippen LogP contribution in [0.1, 0.15) is 22.1 Å². The Morgan fingerprint density at radius 1 is 1.15 bits per heavy atom. The van der Waals surface area contributed by atoms with E-state index in [4.69, 9.17) is 9.26 Å². The van der Waals surface area contributed by atoms with Gasteiger partial charge in [-0.15, -0.1) is 0 Å². The van der Waals surface area contributed by atoms with Crippen LogP contribution in [0.3, 0.4) is 0 Å². The van der Waals surface area contributed by atoms with E-state index in [1.807, 2.05) is 35.2 Å². The van der Waals surface area contributed by atoms with Gasteiger partial charge in [-0.3, -0.25) is 9.59 Å². The maximum atomic E-state index is 12.8. The maximum absolute atomic E-state index is 12.8. The van der Waals surface area contributed by atoms with Gasteiger partial charge in [-0.1, -0.05) is 23.4 Å². The first-order chi connectivity index (χ1) is 13.1. The Labute approximate surface area is 157 Å². The normalized spacial score (nSPS) is 22.4. The van der Waals surface area contributed by atoms with Crippen molar-refractivity contribution in [2.75, 3.05) is 32.8 Å². The molecule has 4 rings (SSSR count). The fraction of sp³-hybridized carbons (Fsp3) is 0.474. The SMILES string of the molecule is Cc1noc(CC(=O)N2C[C@@H]3CN(C(=O)c4ccccc4)CCO[C@@H]3C2)n1. The van der Waals surface area contributed by atoms with Gasteiger partial charge >= 0.3 is 0 Å². The van der Waals surface area contributed by atoms with Crippen LogP contribution in [0.5, 0.6) is 0 Å². The minimum absolute atomic E-state index is 0.00552. The van der Waals surface area contributed by atoms with Gasteiger partial charge in [0.2, 0.25) is 11.8 Å². The van der Waals surface area contributed by atoms with Crippen molar-refractivity contribution in [3.63, 3.8) is 0 Å². The summed E-state index contributed by atoms with van der Waals surface area (Å²) in [5.74, 6) is 0.893. The zero-order valence-electron chi connectivity index (χ0n) is 15.2. The lowest BCUT2D eigenvalue weighted by molar-refractivity contribution is -0.130. The number of carbonyl (C=O) groups is 2. The van der Waals surface area contributed by atoms with Crippen molar-refractivity contribution in [3.05, 3.63) is 47.6 Å². The van der Waals surface area contributed by atoms with Crippen molar-refractivity contribution in [3.8, 4) is 0 Å². The van der Waals surface area contributed by atoms with Gasteiger partial charge in [0.1, 0.15) is 6.42 Å². The molecule has 0 saturated carbocycles. The highest BCUT2D eigenvalue weighted by atomic mass is 16.5. The molecule has 2 fully saturated rings. The highest BCUT2D eigenvalue weighted by molar-refractivity contribution is 5.94. The van der Waals surface area contributed by atoms with Gasteiger partial charge in [0.05, 0.1) is 12.7 Å². The molecule has 0 N–H and O–H groups in total. The van der Waals surface area contributed by atoms with Gasteiger partial charge in [-0.25, -0.2) is 0 Å². The fourth-order valence-corrected chi connectivity index (χ4v) is 3.70. The van der Waals surface area contributed by atoms with E-state index in [-0.39, 0.29) is 30.3 Å². The number of rotatable bonds is 3. The number of hydrogen-bond acceptors (Lipinski definition) is 6. The van der Waals surface area contributed by atoms with E-state index < -0.39 is 0 Å². The Balaban J connectivity index is 1.40. The number of fused-ring (bicyclic) bond motifs is 1. The van der Waals surface area contributed by atoms with Crippen LogP contribution in [0.4, 0.5) is 0 Å². The Hall–Kier alpha value is -2.74. The van der Waals surface area contributed by atoms with E-state index in [0.29, 0.717) is 50.1 Å². The third-order valence-electron chi connectivity index (χ3n) is 5.06. The highest BCUT2D eigenvalue weighted by Crippen LogP contribution is 2.25. The predicted octanol–water partition coefficient (Wildman–Crippen LogP) is 0.920. The molecule has 0 unspecified atom stereocenters. The lowest BCUT2D eigenvalue weighted by atomic mass is 10.1. The molecule has 2 amide bonds. The van der Waals surface area contributed by atoms with Crippen molar-refractivity contribution >= 4 is 11.8 Å². The summed E-state index contributed by atoms with van der Waals surface area (Å²) in [7, 11) is 0. The molecule has 2 atom stereocenters. The molecular formula is C19H22N4O4. The van der Waals surface area contributed by atoms with Crippen LogP contribution in [-0.4, -0.2) is 70.6 Å². The average Bonchev–Trinajstić information content (AvgIpc) is 3.22. The minimum Gasteiger partial charge on any atom is -0.374 e. The Bertz CT molecular complexity index is 822. The highest BCUT2D eigenvalue weighted by Gasteiger charge is 2.39. The molecular weight excluding hydrogens is 348 g/mol. The van der Waals surface area contributed by atoms with Crippen molar-refractivity contribution in [2.45, 2.75) is 19.4 Å². The predicted molar refractivity (Wildman–Crippen MR) is 94.9 cm³/mol. The fourth-order valence-electron chi connectivity index (χ4n) is 3.70. The van der Waals surface area contributed by atoms with E-state index in [1.54, 1.807) is 11.8 Å². The van der Waals surface area contributed by atoms with Crippen LogP contribution in [0.25, 0.3) is 0 Å². The molecule has 27 heavy (non-hydrogen) atoms. The first-order valence-electron chi connectivity index (χ1n) is 9.13. The van der Waals surface area contributed by atoms with E-state index in [1.165, 1.54) is 0 Å². The minimum atomic E-state index is -0.0590. The van der Waals surface area contributed by atoms with E-state index in [0.717, 1.165) is 0 Å². The molecule has 3 heterocycles. The summed E-state index contributed by atoms with van der Waals surface area (Å²) < 4.78 is 11.0. The number of aryl methyl sites for hydroxylation is 1. The largest absolute Gasteiger partial charge is 0.374 e. The lowest BCUT2D eigenvalue weighted by Crippen LogP contribution is -2.38. The molecule has 0 radical (unpaired) electrons. The summed E-state index contributed by atoms with van der Waals surface area (Å²) in [4.78, 5) is 33.0. The van der Waals surface area contributed by atoms with Crippen LogP contribution in [0.15, 0.2) is 34.9 Å². The molecule has 2 saturated heterocycles. The number of hydrogen-bond donors (Lipinski definition) is 0. The quantitative estimate of drug-likeness (QED) is 0.798. The molecule has 2 aromatic rings. The summed E-state index contributed by atoms with van der Waals surface area (Å²) in [6.45, 7) is 4.44. The number of likely N-dealkylation sites (tertiary alicyclic amines) is 1. The van der Waals surface area contributed by atoms with Gasteiger partial charge in [0, 0.05) is 37.7 Å². The zero-order valence-corrected chi connectivity index (χ0v) is 15.2. The molecule has 0 aliphatic carbocycles. The monoisotopic (exact) mass is 370 g/mol. The van der Waals surface area contributed by atoms with Crippen molar-refractivity contribution < 1.29 is 18.8 Å². The third kappa shape index (κ3) is 3.85. The first-order valence-corrected chi connectivity index (χ1v) is 9.13. The molecule has 0 bridgehead atoms. The molecule has 2 aliphatic rings. The second-order valence-electron chi connectivity index (χ2n) is 7.00. The smallest absolute Gasteiger partial charge is 0.253 e. The van der Waals surface area contributed by atoms with Crippen molar-refractivity contribution in [2.24, 2.45) is 5.92 Å². The topological polar surface area (TPSA) is 88.8 Å². The van der Waals surface area contributed by atoms with Gasteiger partial charge in [-0.2, -0.15) is 4.98 Å². The van der Waals surface area contributed by atoms with Crippen LogP contribution >= 0.6 is 0 Å².